The zero-order chi connectivity index (χ0) is 29.7. The molecule has 0 saturated carbocycles. The second kappa shape index (κ2) is 10.3. The molecule has 1 aliphatic heterocycles. The lowest BCUT2D eigenvalue weighted by atomic mass is 9.92. The topological polar surface area (TPSA) is 49.9 Å². The Labute approximate surface area is 260 Å². The Morgan fingerprint density at radius 3 is 1.82 bits per heavy atom. The second-order valence-electron chi connectivity index (χ2n) is 11.4. The minimum atomic E-state index is -0.409. The Hall–Kier alpha value is -6.00. The fourth-order valence-corrected chi connectivity index (χ4v) is 6.50. The maximum atomic E-state index is 6.44. The molecule has 0 radical (unpaired) electrons. The van der Waals surface area contributed by atoms with Crippen molar-refractivity contribution in [1.82, 2.24) is 5.32 Å². The van der Waals surface area contributed by atoms with Gasteiger partial charge in [0.1, 0.15) is 22.8 Å². The molecule has 212 valence electrons. The summed E-state index contributed by atoms with van der Waals surface area (Å²) in [5.74, 6) is 1.60. The van der Waals surface area contributed by atoms with Gasteiger partial charge in [-0.25, -0.2) is 9.98 Å². The van der Waals surface area contributed by atoms with Crippen LogP contribution in [0.3, 0.4) is 0 Å². The Kier molecular flexibility index (Phi) is 5.85. The van der Waals surface area contributed by atoms with Crippen LogP contribution in [0.25, 0.3) is 54.6 Å². The number of hydrogen-bond donors (Lipinski definition) is 1. The predicted octanol–water partition coefficient (Wildman–Crippen LogP) is 10.1. The first-order chi connectivity index (χ1) is 22.3. The molecule has 9 rings (SSSR count). The SMILES string of the molecule is c1ccc(C2=NC(c3ccc4c(c3)oc3ccc(-c5cc6ccccc6c6ccccc56)cc34)N=C(c3ccccc3)N2)cc1. The smallest absolute Gasteiger partial charge is 0.169 e. The summed E-state index contributed by atoms with van der Waals surface area (Å²) in [5.41, 5.74) is 7.10. The van der Waals surface area contributed by atoms with Crippen molar-refractivity contribution in [2.24, 2.45) is 9.98 Å². The molecule has 7 aromatic carbocycles. The number of aliphatic imine (C=N–C) groups is 2. The van der Waals surface area contributed by atoms with E-state index in [9.17, 15) is 0 Å². The van der Waals surface area contributed by atoms with Crippen molar-refractivity contribution in [1.29, 1.82) is 0 Å². The number of furan rings is 1. The Morgan fingerprint density at radius 2 is 1.09 bits per heavy atom. The van der Waals surface area contributed by atoms with Gasteiger partial charge in [-0.05, 0) is 56.9 Å². The van der Waals surface area contributed by atoms with Crippen LogP contribution in [0.5, 0.6) is 0 Å². The van der Waals surface area contributed by atoms with Gasteiger partial charge in [-0.2, -0.15) is 0 Å². The minimum absolute atomic E-state index is 0.409. The van der Waals surface area contributed by atoms with Gasteiger partial charge in [0.05, 0.1) is 0 Å². The first kappa shape index (κ1) is 25.5. The van der Waals surface area contributed by atoms with Gasteiger partial charge in [0.2, 0.25) is 0 Å². The maximum absolute atomic E-state index is 6.44. The number of amidine groups is 2. The summed E-state index contributed by atoms with van der Waals surface area (Å²) in [5, 5.41) is 10.7. The molecule has 4 heteroatoms. The fourth-order valence-electron chi connectivity index (χ4n) is 6.50. The molecular formula is C41H27N3O. The molecule has 2 heterocycles. The van der Waals surface area contributed by atoms with Gasteiger partial charge < -0.3 is 9.73 Å². The Balaban J connectivity index is 1.16. The average molecular weight is 578 g/mol. The molecule has 0 spiro atoms. The van der Waals surface area contributed by atoms with Crippen LogP contribution in [0.1, 0.15) is 22.9 Å². The quantitative estimate of drug-likeness (QED) is 0.212. The van der Waals surface area contributed by atoms with Crippen LogP contribution in [0.4, 0.5) is 0 Å². The lowest BCUT2D eigenvalue weighted by Gasteiger charge is -2.22. The zero-order valence-electron chi connectivity index (χ0n) is 24.3. The molecule has 45 heavy (non-hydrogen) atoms. The van der Waals surface area contributed by atoms with Crippen molar-refractivity contribution in [2.75, 3.05) is 0 Å². The van der Waals surface area contributed by atoms with Crippen molar-refractivity contribution in [2.45, 2.75) is 6.17 Å². The van der Waals surface area contributed by atoms with E-state index >= 15 is 0 Å². The first-order valence-corrected chi connectivity index (χ1v) is 15.2. The fraction of sp³-hybridized carbons (Fsp3) is 0.0244. The molecule has 8 aromatic rings. The normalized spacial score (nSPS) is 13.7. The monoisotopic (exact) mass is 577 g/mol. The van der Waals surface area contributed by atoms with E-state index in [4.69, 9.17) is 14.4 Å². The summed E-state index contributed by atoms with van der Waals surface area (Å²) in [4.78, 5) is 10.1. The summed E-state index contributed by atoms with van der Waals surface area (Å²) < 4.78 is 6.44. The number of nitrogens with one attached hydrogen (secondary N) is 1. The summed E-state index contributed by atoms with van der Waals surface area (Å²) in [6.07, 6.45) is -0.409. The number of nitrogens with zero attached hydrogens (tertiary/aromatic N) is 2. The lowest BCUT2D eigenvalue weighted by Crippen LogP contribution is -2.35. The molecule has 0 saturated heterocycles. The van der Waals surface area contributed by atoms with Gasteiger partial charge in [-0.3, -0.25) is 0 Å². The zero-order valence-corrected chi connectivity index (χ0v) is 24.3. The number of benzene rings is 7. The van der Waals surface area contributed by atoms with E-state index < -0.39 is 6.17 Å². The molecule has 1 aliphatic rings. The van der Waals surface area contributed by atoms with Crippen LogP contribution in [0.15, 0.2) is 166 Å². The average Bonchev–Trinajstić information content (AvgIpc) is 3.49. The van der Waals surface area contributed by atoms with Crippen LogP contribution in [0.2, 0.25) is 0 Å². The number of rotatable bonds is 4. The van der Waals surface area contributed by atoms with Crippen molar-refractivity contribution < 1.29 is 4.42 Å². The highest BCUT2D eigenvalue weighted by atomic mass is 16.3. The highest BCUT2D eigenvalue weighted by Crippen LogP contribution is 2.39. The third-order valence-corrected chi connectivity index (χ3v) is 8.71. The summed E-state index contributed by atoms with van der Waals surface area (Å²) >= 11 is 0. The molecule has 4 nitrogen and oxygen atoms in total. The third-order valence-electron chi connectivity index (χ3n) is 8.71. The van der Waals surface area contributed by atoms with Gasteiger partial charge in [-0.15, -0.1) is 0 Å². The number of hydrogen-bond acceptors (Lipinski definition) is 4. The highest BCUT2D eigenvalue weighted by molar-refractivity contribution is 6.16. The van der Waals surface area contributed by atoms with E-state index in [0.717, 1.165) is 50.3 Å². The van der Waals surface area contributed by atoms with Crippen molar-refractivity contribution >= 4 is 55.2 Å². The molecule has 0 atom stereocenters. The van der Waals surface area contributed by atoms with E-state index in [2.05, 4.69) is 121 Å². The van der Waals surface area contributed by atoms with Gasteiger partial charge >= 0.3 is 0 Å². The molecule has 1 aromatic heterocycles. The summed E-state index contributed by atoms with van der Waals surface area (Å²) in [6.45, 7) is 0. The Bertz CT molecular complexity index is 2400. The standard InChI is InChI=1S/C41H27N3O/c1-3-11-26(12-4-1)39-42-40(27-13-5-2-6-14-27)44-41(43-39)30-19-21-34-36-24-29(20-22-37(36)45-38(34)25-30)35-23-28-15-7-8-16-31(28)32-17-9-10-18-33(32)35/h1-25,41H,(H,42,43,44). The van der Waals surface area contributed by atoms with E-state index in [1.54, 1.807) is 0 Å². The molecule has 0 fully saturated rings. The predicted molar refractivity (Wildman–Crippen MR) is 186 cm³/mol. The van der Waals surface area contributed by atoms with Gasteiger partial charge in [-0.1, -0.05) is 127 Å². The van der Waals surface area contributed by atoms with Gasteiger partial charge in [0, 0.05) is 27.5 Å². The van der Waals surface area contributed by atoms with E-state index in [0.29, 0.717) is 0 Å². The van der Waals surface area contributed by atoms with Crippen molar-refractivity contribution in [3.8, 4) is 11.1 Å². The van der Waals surface area contributed by atoms with E-state index in [1.807, 2.05) is 36.4 Å². The van der Waals surface area contributed by atoms with Crippen molar-refractivity contribution in [3.63, 3.8) is 0 Å². The number of fused-ring (bicyclic) bond motifs is 6. The van der Waals surface area contributed by atoms with Gasteiger partial charge in [0.25, 0.3) is 0 Å². The van der Waals surface area contributed by atoms with Crippen molar-refractivity contribution in [3.05, 3.63) is 168 Å². The largest absolute Gasteiger partial charge is 0.456 e. The molecule has 0 aliphatic carbocycles. The lowest BCUT2D eigenvalue weighted by molar-refractivity contribution is 0.665. The molecule has 0 bridgehead atoms. The summed E-state index contributed by atoms with van der Waals surface area (Å²) in [6, 6.07) is 52.9. The molecule has 0 amide bonds. The maximum Gasteiger partial charge on any atom is 0.169 e. The van der Waals surface area contributed by atoms with E-state index in [1.165, 1.54) is 32.7 Å². The third kappa shape index (κ3) is 4.38. The molecule has 0 unspecified atom stereocenters. The van der Waals surface area contributed by atoms with Crippen LogP contribution in [0, 0.1) is 0 Å². The van der Waals surface area contributed by atoms with Crippen LogP contribution >= 0.6 is 0 Å². The van der Waals surface area contributed by atoms with Crippen LogP contribution in [-0.2, 0) is 0 Å². The first-order valence-electron chi connectivity index (χ1n) is 15.2. The molecule has 1 N–H and O–H groups in total. The highest BCUT2D eigenvalue weighted by Gasteiger charge is 2.22. The van der Waals surface area contributed by atoms with Gasteiger partial charge in [0.15, 0.2) is 6.17 Å². The minimum Gasteiger partial charge on any atom is -0.456 e. The molecular weight excluding hydrogens is 550 g/mol. The van der Waals surface area contributed by atoms with Crippen LogP contribution in [-0.4, -0.2) is 11.7 Å². The summed E-state index contributed by atoms with van der Waals surface area (Å²) in [7, 11) is 0. The second-order valence-corrected chi connectivity index (χ2v) is 11.4. The van der Waals surface area contributed by atoms with E-state index in [-0.39, 0.29) is 0 Å². The van der Waals surface area contributed by atoms with Crippen LogP contribution < -0.4 is 5.32 Å². The Morgan fingerprint density at radius 1 is 0.444 bits per heavy atom.